The van der Waals surface area contributed by atoms with Gasteiger partial charge in [0.25, 0.3) is 0 Å². The van der Waals surface area contributed by atoms with Gasteiger partial charge >= 0.3 is 0 Å². The van der Waals surface area contributed by atoms with E-state index < -0.39 is 0 Å². The minimum atomic E-state index is 0.0547. The SMILES string of the molecule is CC(=O)N1CCN(CC(=O)NC[C@H](C)c2ccccc2)CC1. The van der Waals surface area contributed by atoms with Gasteiger partial charge in [0, 0.05) is 39.6 Å². The third-order valence-corrected chi connectivity index (χ3v) is 4.16. The zero-order chi connectivity index (χ0) is 15.9. The van der Waals surface area contributed by atoms with E-state index >= 15 is 0 Å². The lowest BCUT2D eigenvalue weighted by Crippen LogP contribution is -2.50. The number of rotatable bonds is 5. The van der Waals surface area contributed by atoms with Crippen LogP contribution in [0.15, 0.2) is 30.3 Å². The van der Waals surface area contributed by atoms with Crippen molar-refractivity contribution in [3.63, 3.8) is 0 Å². The number of amides is 2. The normalized spacial score (nSPS) is 17.1. The van der Waals surface area contributed by atoms with Gasteiger partial charge in [-0.1, -0.05) is 37.3 Å². The average Bonchev–Trinajstić information content (AvgIpc) is 2.54. The topological polar surface area (TPSA) is 52.7 Å². The van der Waals surface area contributed by atoms with Crippen molar-refractivity contribution in [1.82, 2.24) is 15.1 Å². The molecule has 5 nitrogen and oxygen atoms in total. The molecule has 5 heteroatoms. The highest BCUT2D eigenvalue weighted by Gasteiger charge is 2.20. The van der Waals surface area contributed by atoms with Crippen LogP contribution in [0.3, 0.4) is 0 Å². The highest BCUT2D eigenvalue weighted by molar-refractivity contribution is 5.78. The van der Waals surface area contributed by atoms with Crippen molar-refractivity contribution < 1.29 is 9.59 Å². The largest absolute Gasteiger partial charge is 0.354 e. The summed E-state index contributed by atoms with van der Waals surface area (Å²) in [6, 6.07) is 10.2. The molecule has 2 amide bonds. The molecule has 22 heavy (non-hydrogen) atoms. The molecule has 1 aromatic rings. The van der Waals surface area contributed by atoms with Crippen LogP contribution in [-0.4, -0.2) is 60.9 Å². The number of hydrogen-bond acceptors (Lipinski definition) is 3. The monoisotopic (exact) mass is 303 g/mol. The summed E-state index contributed by atoms with van der Waals surface area (Å²) in [4.78, 5) is 27.2. The Labute approximate surface area is 132 Å². The van der Waals surface area contributed by atoms with Gasteiger partial charge in [-0.15, -0.1) is 0 Å². The van der Waals surface area contributed by atoms with Gasteiger partial charge in [0.15, 0.2) is 0 Å². The molecule has 0 radical (unpaired) electrons. The second-order valence-corrected chi connectivity index (χ2v) is 5.90. The summed E-state index contributed by atoms with van der Waals surface area (Å²) < 4.78 is 0. The Morgan fingerprint density at radius 1 is 1.14 bits per heavy atom. The molecule has 2 rings (SSSR count). The van der Waals surface area contributed by atoms with Crippen molar-refractivity contribution in [2.24, 2.45) is 0 Å². The van der Waals surface area contributed by atoms with Crippen molar-refractivity contribution in [2.75, 3.05) is 39.3 Å². The van der Waals surface area contributed by atoms with E-state index in [0.717, 1.165) is 13.1 Å². The number of carbonyl (C=O) groups excluding carboxylic acids is 2. The fraction of sp³-hybridized carbons (Fsp3) is 0.529. The molecule has 0 aliphatic carbocycles. The van der Waals surface area contributed by atoms with Gasteiger partial charge in [0.2, 0.25) is 11.8 Å². The van der Waals surface area contributed by atoms with E-state index in [1.165, 1.54) is 5.56 Å². The van der Waals surface area contributed by atoms with Crippen LogP contribution in [0.4, 0.5) is 0 Å². The number of carbonyl (C=O) groups is 2. The summed E-state index contributed by atoms with van der Waals surface area (Å²) in [6.07, 6.45) is 0. The van der Waals surface area contributed by atoms with Crippen molar-refractivity contribution in [3.8, 4) is 0 Å². The quantitative estimate of drug-likeness (QED) is 0.885. The van der Waals surface area contributed by atoms with Gasteiger partial charge in [-0.3, -0.25) is 14.5 Å². The maximum Gasteiger partial charge on any atom is 0.234 e. The maximum atomic E-state index is 12.0. The summed E-state index contributed by atoms with van der Waals surface area (Å²) in [5.41, 5.74) is 1.23. The van der Waals surface area contributed by atoms with Gasteiger partial charge in [0.1, 0.15) is 0 Å². The van der Waals surface area contributed by atoms with Crippen molar-refractivity contribution in [2.45, 2.75) is 19.8 Å². The van der Waals surface area contributed by atoms with Crippen LogP contribution in [0.1, 0.15) is 25.3 Å². The van der Waals surface area contributed by atoms with Crippen LogP contribution in [0.25, 0.3) is 0 Å². The summed E-state index contributed by atoms with van der Waals surface area (Å²) in [5, 5.41) is 3.00. The predicted molar refractivity (Wildman–Crippen MR) is 86.6 cm³/mol. The third kappa shape index (κ3) is 4.84. The molecular weight excluding hydrogens is 278 g/mol. The first kappa shape index (κ1) is 16.5. The second-order valence-electron chi connectivity index (χ2n) is 5.90. The molecule has 1 N–H and O–H groups in total. The highest BCUT2D eigenvalue weighted by Crippen LogP contribution is 2.12. The maximum absolute atomic E-state index is 12.0. The molecule has 1 heterocycles. The van der Waals surface area contributed by atoms with E-state index in [4.69, 9.17) is 0 Å². The molecule has 0 aromatic heterocycles. The van der Waals surface area contributed by atoms with Gasteiger partial charge < -0.3 is 10.2 Å². The molecule has 1 aliphatic heterocycles. The number of piperazine rings is 1. The molecule has 1 aromatic carbocycles. The van der Waals surface area contributed by atoms with Gasteiger partial charge in [-0.25, -0.2) is 0 Å². The van der Waals surface area contributed by atoms with E-state index in [9.17, 15) is 9.59 Å². The van der Waals surface area contributed by atoms with Crippen LogP contribution >= 0.6 is 0 Å². The average molecular weight is 303 g/mol. The fourth-order valence-electron chi connectivity index (χ4n) is 2.65. The summed E-state index contributed by atoms with van der Waals surface area (Å²) in [6.45, 7) is 7.71. The minimum absolute atomic E-state index is 0.0547. The molecule has 1 saturated heterocycles. The number of nitrogens with zero attached hydrogens (tertiary/aromatic N) is 2. The van der Waals surface area contributed by atoms with Crippen LogP contribution in [0.2, 0.25) is 0 Å². The van der Waals surface area contributed by atoms with Crippen LogP contribution in [-0.2, 0) is 9.59 Å². The Bertz CT molecular complexity index is 496. The van der Waals surface area contributed by atoms with E-state index in [1.54, 1.807) is 6.92 Å². The zero-order valence-electron chi connectivity index (χ0n) is 13.4. The Morgan fingerprint density at radius 2 is 1.77 bits per heavy atom. The first-order valence-electron chi connectivity index (χ1n) is 7.86. The first-order valence-corrected chi connectivity index (χ1v) is 7.86. The van der Waals surface area contributed by atoms with Gasteiger partial charge in [-0.2, -0.15) is 0 Å². The number of benzene rings is 1. The Hall–Kier alpha value is -1.88. The molecule has 0 bridgehead atoms. The Balaban J connectivity index is 1.69. The standard InChI is InChI=1S/C17H25N3O2/c1-14(16-6-4-3-5-7-16)12-18-17(22)13-19-8-10-20(11-9-19)15(2)21/h3-7,14H,8-13H2,1-2H3,(H,18,22)/t14-/m0/s1. The van der Waals surface area contributed by atoms with E-state index in [2.05, 4.69) is 29.3 Å². The molecule has 1 aliphatic rings. The molecule has 0 saturated carbocycles. The van der Waals surface area contributed by atoms with Crippen LogP contribution in [0, 0.1) is 0 Å². The van der Waals surface area contributed by atoms with E-state index in [-0.39, 0.29) is 11.8 Å². The Morgan fingerprint density at radius 3 is 2.36 bits per heavy atom. The van der Waals surface area contributed by atoms with Crippen molar-refractivity contribution in [1.29, 1.82) is 0 Å². The predicted octanol–water partition coefficient (Wildman–Crippen LogP) is 1.07. The van der Waals surface area contributed by atoms with Crippen molar-refractivity contribution in [3.05, 3.63) is 35.9 Å². The molecule has 0 spiro atoms. The lowest BCUT2D eigenvalue weighted by Gasteiger charge is -2.33. The lowest BCUT2D eigenvalue weighted by atomic mass is 10.0. The summed E-state index contributed by atoms with van der Waals surface area (Å²) in [5.74, 6) is 0.472. The zero-order valence-corrected chi connectivity index (χ0v) is 13.4. The van der Waals surface area contributed by atoms with Gasteiger partial charge in [0.05, 0.1) is 6.54 Å². The first-order chi connectivity index (χ1) is 10.6. The number of hydrogen-bond donors (Lipinski definition) is 1. The van der Waals surface area contributed by atoms with E-state index in [0.29, 0.717) is 32.1 Å². The molecule has 1 fully saturated rings. The third-order valence-electron chi connectivity index (χ3n) is 4.16. The Kier molecular flexibility index (Phi) is 5.95. The fourth-order valence-corrected chi connectivity index (χ4v) is 2.65. The highest BCUT2D eigenvalue weighted by atomic mass is 16.2. The van der Waals surface area contributed by atoms with Crippen molar-refractivity contribution >= 4 is 11.8 Å². The number of nitrogens with one attached hydrogen (secondary N) is 1. The molecular formula is C17H25N3O2. The lowest BCUT2D eigenvalue weighted by molar-refractivity contribution is -0.131. The molecule has 1 atom stereocenters. The minimum Gasteiger partial charge on any atom is -0.354 e. The van der Waals surface area contributed by atoms with Crippen LogP contribution in [0.5, 0.6) is 0 Å². The van der Waals surface area contributed by atoms with Gasteiger partial charge in [-0.05, 0) is 11.5 Å². The van der Waals surface area contributed by atoms with Crippen LogP contribution < -0.4 is 5.32 Å². The molecule has 120 valence electrons. The smallest absolute Gasteiger partial charge is 0.234 e. The van der Waals surface area contributed by atoms with E-state index in [1.807, 2.05) is 23.1 Å². The summed E-state index contributed by atoms with van der Waals surface area (Å²) >= 11 is 0. The molecule has 0 unspecified atom stereocenters. The summed E-state index contributed by atoms with van der Waals surface area (Å²) in [7, 11) is 0. The second kappa shape index (κ2) is 7.94.